The molecule has 3 nitrogen and oxygen atoms in total. The summed E-state index contributed by atoms with van der Waals surface area (Å²) in [5, 5.41) is 3.46. The van der Waals surface area contributed by atoms with E-state index in [0.29, 0.717) is 0 Å². The second-order valence-electron chi connectivity index (χ2n) is 4.58. The lowest BCUT2D eigenvalue weighted by atomic mass is 10.0. The fourth-order valence-electron chi connectivity index (χ4n) is 2.47. The number of rotatable bonds is 0. The van der Waals surface area contributed by atoms with Crippen molar-refractivity contribution in [1.82, 2.24) is 8.10 Å². The van der Waals surface area contributed by atoms with E-state index >= 15 is 0 Å². The number of pyridine rings is 1. The van der Waals surface area contributed by atoms with Gasteiger partial charge in [-0.1, -0.05) is 6.07 Å². The maximum Gasteiger partial charge on any atom is 0.129 e. The van der Waals surface area contributed by atoms with Crippen molar-refractivity contribution in [1.29, 1.82) is 0 Å². The van der Waals surface area contributed by atoms with Gasteiger partial charge in [0.1, 0.15) is 5.82 Å². The predicted molar refractivity (Wildman–Crippen MR) is 73.8 cm³/mol. The summed E-state index contributed by atoms with van der Waals surface area (Å²) in [6.07, 6.45) is 4.90. The number of aromatic nitrogens is 1. The van der Waals surface area contributed by atoms with Crippen LogP contribution in [0.4, 0.5) is 5.82 Å². The van der Waals surface area contributed by atoms with E-state index in [9.17, 15) is 0 Å². The number of anilines is 1. The zero-order valence-electron chi connectivity index (χ0n) is 9.30. The Labute approximate surface area is 110 Å². The van der Waals surface area contributed by atoms with Gasteiger partial charge in [-0.3, -0.25) is 0 Å². The average Bonchev–Trinajstić information content (AvgIpc) is 2.50. The van der Waals surface area contributed by atoms with Gasteiger partial charge in [0, 0.05) is 36.0 Å². The molecule has 4 heteroatoms. The van der Waals surface area contributed by atoms with Crippen molar-refractivity contribution in [2.75, 3.05) is 18.4 Å². The molecule has 0 bridgehead atoms. The first-order chi connectivity index (χ1) is 7.83. The quantitative estimate of drug-likeness (QED) is 0.586. The maximum absolute atomic E-state index is 4.81. The van der Waals surface area contributed by atoms with E-state index < -0.39 is 0 Å². The number of nitrogens with zero attached hydrogens (tertiary/aromatic N) is 2. The molecule has 0 spiro atoms. The van der Waals surface area contributed by atoms with Crippen molar-refractivity contribution in [3.63, 3.8) is 0 Å². The van der Waals surface area contributed by atoms with Crippen LogP contribution in [-0.2, 0) is 19.4 Å². The zero-order valence-corrected chi connectivity index (χ0v) is 11.5. The van der Waals surface area contributed by atoms with E-state index in [0.717, 1.165) is 31.9 Å². The number of aryl methyl sites for hydroxylation is 1. The molecule has 1 N–H and O–H groups in total. The molecule has 0 saturated heterocycles. The average molecular weight is 329 g/mol. The van der Waals surface area contributed by atoms with E-state index in [1.807, 2.05) is 0 Å². The Hall–Kier alpha value is -0.360. The van der Waals surface area contributed by atoms with Crippen molar-refractivity contribution >= 4 is 28.7 Å². The van der Waals surface area contributed by atoms with Crippen LogP contribution in [0.15, 0.2) is 6.07 Å². The van der Waals surface area contributed by atoms with Crippen LogP contribution in [-0.4, -0.2) is 21.2 Å². The highest BCUT2D eigenvalue weighted by Gasteiger charge is 2.19. The molecule has 0 atom stereocenters. The summed E-state index contributed by atoms with van der Waals surface area (Å²) in [5.74, 6) is 1.14. The fraction of sp³-hybridized carbons (Fsp3) is 0.583. The van der Waals surface area contributed by atoms with Gasteiger partial charge in [0.15, 0.2) is 0 Å². The molecule has 16 heavy (non-hydrogen) atoms. The fourth-order valence-corrected chi connectivity index (χ4v) is 3.03. The summed E-state index contributed by atoms with van der Waals surface area (Å²) >= 11 is 2.39. The summed E-state index contributed by atoms with van der Waals surface area (Å²) < 4.78 is 2.32. The molecule has 2 aliphatic heterocycles. The topological polar surface area (TPSA) is 28.2 Å². The van der Waals surface area contributed by atoms with Crippen molar-refractivity contribution in [3.05, 3.63) is 22.9 Å². The lowest BCUT2D eigenvalue weighted by molar-refractivity contribution is 0.471. The molecule has 1 aromatic heterocycles. The minimum atomic E-state index is 0.991. The van der Waals surface area contributed by atoms with Crippen LogP contribution < -0.4 is 5.32 Å². The smallest absolute Gasteiger partial charge is 0.129 e. The Balaban J connectivity index is 1.99. The van der Waals surface area contributed by atoms with Crippen LogP contribution in [0.5, 0.6) is 0 Å². The van der Waals surface area contributed by atoms with Gasteiger partial charge in [0.2, 0.25) is 0 Å². The highest BCUT2D eigenvalue weighted by atomic mass is 127. The minimum Gasteiger partial charge on any atom is -0.370 e. The van der Waals surface area contributed by atoms with Crippen LogP contribution in [0.2, 0.25) is 0 Å². The highest BCUT2D eigenvalue weighted by Crippen LogP contribution is 2.26. The summed E-state index contributed by atoms with van der Waals surface area (Å²) in [7, 11) is 0. The third-order valence-corrected chi connectivity index (χ3v) is 4.20. The first-order valence-corrected chi connectivity index (χ1v) is 6.96. The van der Waals surface area contributed by atoms with Gasteiger partial charge >= 0.3 is 0 Å². The standard InChI is InChI=1S/C12H16IN3/c13-16-6-4-9-7-10-3-1-2-5-14-12(10)15-11(9)8-16/h7H,1-6,8H2,(H,14,15). The number of hydrogen-bond acceptors (Lipinski definition) is 3. The SMILES string of the molecule is IN1CCc2cc3c(nc2C1)NCCCC3. The van der Waals surface area contributed by atoms with E-state index in [4.69, 9.17) is 4.98 Å². The van der Waals surface area contributed by atoms with Gasteiger partial charge in [-0.2, -0.15) is 0 Å². The number of fused-ring (bicyclic) bond motifs is 2. The van der Waals surface area contributed by atoms with Crippen LogP contribution in [0.1, 0.15) is 29.7 Å². The first kappa shape index (κ1) is 10.8. The Morgan fingerprint density at radius 3 is 3.12 bits per heavy atom. The van der Waals surface area contributed by atoms with Crippen molar-refractivity contribution in [3.8, 4) is 0 Å². The van der Waals surface area contributed by atoms with Gasteiger partial charge in [-0.05, 0) is 36.8 Å². The van der Waals surface area contributed by atoms with E-state index in [1.165, 1.54) is 36.1 Å². The Kier molecular flexibility index (Phi) is 3.02. The van der Waals surface area contributed by atoms with Crippen LogP contribution in [0, 0.1) is 0 Å². The lowest BCUT2D eigenvalue weighted by Crippen LogP contribution is -2.23. The molecule has 86 valence electrons. The number of nitrogens with one attached hydrogen (secondary N) is 1. The molecule has 0 aliphatic carbocycles. The molecule has 1 aromatic rings. The Morgan fingerprint density at radius 2 is 2.19 bits per heavy atom. The Bertz CT molecular complexity index is 405. The summed E-state index contributed by atoms with van der Waals surface area (Å²) in [6, 6.07) is 2.39. The second kappa shape index (κ2) is 4.49. The van der Waals surface area contributed by atoms with Crippen LogP contribution in [0.3, 0.4) is 0 Å². The predicted octanol–water partition coefficient (Wildman–Crippen LogP) is 2.54. The largest absolute Gasteiger partial charge is 0.370 e. The molecule has 0 fully saturated rings. The van der Waals surface area contributed by atoms with Crippen LogP contribution >= 0.6 is 22.9 Å². The molecular formula is C12H16IN3. The molecule has 0 aromatic carbocycles. The maximum atomic E-state index is 4.81. The van der Waals surface area contributed by atoms with Gasteiger partial charge < -0.3 is 5.32 Å². The van der Waals surface area contributed by atoms with Gasteiger partial charge in [-0.25, -0.2) is 8.10 Å². The molecule has 3 rings (SSSR count). The molecule has 0 radical (unpaired) electrons. The zero-order chi connectivity index (χ0) is 11.0. The monoisotopic (exact) mass is 329 g/mol. The summed E-state index contributed by atoms with van der Waals surface area (Å²) in [5.41, 5.74) is 4.17. The van der Waals surface area contributed by atoms with Crippen molar-refractivity contribution < 1.29 is 0 Å². The third-order valence-electron chi connectivity index (χ3n) is 3.38. The molecule has 0 amide bonds. The molecule has 0 unspecified atom stereocenters. The number of halogens is 1. The van der Waals surface area contributed by atoms with Gasteiger partial charge in [-0.15, -0.1) is 0 Å². The van der Waals surface area contributed by atoms with E-state index in [1.54, 1.807) is 0 Å². The summed E-state index contributed by atoms with van der Waals surface area (Å²) in [6.45, 7) is 3.22. The van der Waals surface area contributed by atoms with E-state index in [-0.39, 0.29) is 0 Å². The Morgan fingerprint density at radius 1 is 1.25 bits per heavy atom. The third kappa shape index (κ3) is 2.05. The van der Waals surface area contributed by atoms with Crippen molar-refractivity contribution in [2.24, 2.45) is 0 Å². The van der Waals surface area contributed by atoms with E-state index in [2.05, 4.69) is 37.4 Å². The van der Waals surface area contributed by atoms with Crippen LogP contribution in [0.25, 0.3) is 0 Å². The number of hydrogen-bond donors (Lipinski definition) is 1. The molecule has 2 aliphatic rings. The van der Waals surface area contributed by atoms with Gasteiger partial charge in [0.25, 0.3) is 0 Å². The normalized spacial score (nSPS) is 20.6. The first-order valence-electron chi connectivity index (χ1n) is 5.99. The van der Waals surface area contributed by atoms with Gasteiger partial charge in [0.05, 0.1) is 12.2 Å². The highest BCUT2D eigenvalue weighted by molar-refractivity contribution is 14.1. The molecule has 0 saturated carbocycles. The second-order valence-corrected chi connectivity index (χ2v) is 5.94. The molecular weight excluding hydrogens is 313 g/mol. The molecule has 3 heterocycles. The summed E-state index contributed by atoms with van der Waals surface area (Å²) in [4.78, 5) is 4.81. The van der Waals surface area contributed by atoms with Crippen molar-refractivity contribution in [2.45, 2.75) is 32.2 Å². The lowest BCUT2D eigenvalue weighted by Gasteiger charge is -2.23. The minimum absolute atomic E-state index is 0.991.